The number of aliphatic hydroxyl groups is 1. The third-order valence-electron chi connectivity index (χ3n) is 7.88. The van der Waals surface area contributed by atoms with Gasteiger partial charge in [-0.1, -0.05) is 42.5 Å². The van der Waals surface area contributed by atoms with Gasteiger partial charge in [0.1, 0.15) is 6.04 Å². The molecule has 3 aliphatic heterocycles. The highest BCUT2D eigenvalue weighted by atomic mass is 32.2. The quantitative estimate of drug-likeness (QED) is 0.575. The predicted molar refractivity (Wildman–Crippen MR) is 136 cm³/mol. The molecule has 5 rings (SSSR count). The number of amides is 3. The van der Waals surface area contributed by atoms with Crippen molar-refractivity contribution in [2.75, 3.05) is 19.0 Å². The van der Waals surface area contributed by atoms with Gasteiger partial charge in [0, 0.05) is 18.0 Å². The lowest BCUT2D eigenvalue weighted by atomic mass is 9.70. The molecule has 2 aromatic rings. The van der Waals surface area contributed by atoms with Gasteiger partial charge >= 0.3 is 0 Å². The van der Waals surface area contributed by atoms with Crippen LogP contribution >= 0.6 is 11.8 Å². The highest BCUT2D eigenvalue weighted by Gasteiger charge is 2.74. The van der Waals surface area contributed by atoms with E-state index in [1.807, 2.05) is 62.4 Å². The average Bonchev–Trinajstić information content (AvgIpc) is 3.50. The van der Waals surface area contributed by atoms with Crippen LogP contribution in [0.1, 0.15) is 35.6 Å². The zero-order valence-electron chi connectivity index (χ0n) is 20.2. The predicted octanol–water partition coefficient (Wildman–Crippen LogP) is 2.81. The van der Waals surface area contributed by atoms with Gasteiger partial charge in [-0.2, -0.15) is 0 Å². The number of thioether (sulfide) groups is 1. The minimum absolute atomic E-state index is 0.00589. The van der Waals surface area contributed by atoms with Crippen LogP contribution in [-0.2, 0) is 14.4 Å². The number of likely N-dealkylation sites (tertiary alicyclic amines) is 1. The van der Waals surface area contributed by atoms with Crippen LogP contribution in [0.15, 0.2) is 48.5 Å². The van der Waals surface area contributed by atoms with Crippen LogP contribution in [-0.4, -0.2) is 57.4 Å². The fourth-order valence-corrected chi connectivity index (χ4v) is 8.50. The summed E-state index contributed by atoms with van der Waals surface area (Å²) in [5.41, 5.74) is 3.43. The minimum atomic E-state index is -0.804. The molecule has 2 unspecified atom stereocenters. The van der Waals surface area contributed by atoms with Gasteiger partial charge in [-0.25, -0.2) is 0 Å². The Kier molecular flexibility index (Phi) is 6.13. The van der Waals surface area contributed by atoms with Crippen molar-refractivity contribution in [3.8, 4) is 0 Å². The summed E-state index contributed by atoms with van der Waals surface area (Å²) in [4.78, 5) is 42.6. The maximum absolute atomic E-state index is 14.1. The van der Waals surface area contributed by atoms with Crippen molar-refractivity contribution < 1.29 is 19.5 Å². The van der Waals surface area contributed by atoms with Crippen LogP contribution in [0.4, 0.5) is 5.69 Å². The van der Waals surface area contributed by atoms with Crippen molar-refractivity contribution in [1.29, 1.82) is 0 Å². The standard InChI is InChI=1S/C27H31N3O4S/c1-15-9-10-16(2)18(13-15)29-25(33)23-27-12-11-20(35-27)21(24(32)28-3)22(27)26(34)30(23)19(14-31)17-7-5-4-6-8-17/h4-10,13,19-23,31H,11-12,14H2,1-3H3,(H,28,32)(H,29,33)/t19-,20-,21+,22+,23?,27?/m1/s1. The zero-order valence-corrected chi connectivity index (χ0v) is 21.0. The Morgan fingerprint density at radius 2 is 1.91 bits per heavy atom. The molecule has 0 aliphatic carbocycles. The molecular weight excluding hydrogens is 462 g/mol. The molecule has 3 aliphatic rings. The van der Waals surface area contributed by atoms with Crippen molar-refractivity contribution in [2.24, 2.45) is 11.8 Å². The Bertz CT molecular complexity index is 1170. The number of fused-ring (bicyclic) bond motifs is 1. The summed E-state index contributed by atoms with van der Waals surface area (Å²) in [6.07, 6.45) is 1.46. The van der Waals surface area contributed by atoms with Gasteiger partial charge in [0.25, 0.3) is 0 Å². The second-order valence-electron chi connectivity index (χ2n) is 9.83. The summed E-state index contributed by atoms with van der Waals surface area (Å²) in [6, 6.07) is 13.7. The van der Waals surface area contributed by atoms with E-state index in [1.165, 1.54) is 0 Å². The van der Waals surface area contributed by atoms with E-state index in [4.69, 9.17) is 0 Å². The molecule has 3 fully saturated rings. The van der Waals surface area contributed by atoms with Gasteiger partial charge in [-0.3, -0.25) is 14.4 Å². The SMILES string of the molecule is CNC(=O)[C@@H]1[C@H]2C(=O)N([C@H](CO)c3ccccc3)C(C(=O)Nc3cc(C)ccc3C)C23CC[C@H]1S3. The van der Waals surface area contributed by atoms with E-state index >= 15 is 0 Å². The third-order valence-corrected chi connectivity index (χ3v) is 9.83. The van der Waals surface area contributed by atoms with Crippen molar-refractivity contribution >= 4 is 35.2 Å². The molecule has 3 N–H and O–H groups in total. The zero-order chi connectivity index (χ0) is 24.9. The number of carbonyl (C=O) groups excluding carboxylic acids is 3. The number of rotatable bonds is 6. The highest BCUT2D eigenvalue weighted by Crippen LogP contribution is 2.67. The van der Waals surface area contributed by atoms with Gasteiger partial charge < -0.3 is 20.6 Å². The minimum Gasteiger partial charge on any atom is -0.394 e. The Morgan fingerprint density at radius 1 is 1.17 bits per heavy atom. The summed E-state index contributed by atoms with van der Waals surface area (Å²) in [6.45, 7) is 3.59. The van der Waals surface area contributed by atoms with Crippen molar-refractivity contribution in [3.05, 3.63) is 65.2 Å². The number of nitrogens with zero attached hydrogens (tertiary/aromatic N) is 1. The number of aryl methyl sites for hydroxylation is 2. The van der Waals surface area contributed by atoms with Crippen LogP contribution in [0.2, 0.25) is 0 Å². The number of aliphatic hydroxyl groups excluding tert-OH is 1. The lowest BCUT2D eigenvalue weighted by molar-refractivity contribution is -0.142. The van der Waals surface area contributed by atoms with Crippen LogP contribution in [0, 0.1) is 25.7 Å². The fourth-order valence-electron chi connectivity index (χ4n) is 6.29. The lowest BCUT2D eigenvalue weighted by Gasteiger charge is -2.37. The fraction of sp³-hybridized carbons (Fsp3) is 0.444. The van der Waals surface area contributed by atoms with Gasteiger partial charge in [-0.05, 0) is 49.4 Å². The lowest BCUT2D eigenvalue weighted by Crippen LogP contribution is -2.52. The molecule has 1 spiro atoms. The third kappa shape index (κ3) is 3.65. The van der Waals surface area contributed by atoms with E-state index in [2.05, 4.69) is 10.6 Å². The summed E-state index contributed by atoms with van der Waals surface area (Å²) < 4.78 is -0.705. The first-order valence-electron chi connectivity index (χ1n) is 12.1. The molecule has 7 nitrogen and oxygen atoms in total. The maximum atomic E-state index is 14.1. The number of benzene rings is 2. The van der Waals surface area contributed by atoms with E-state index in [-0.39, 0.29) is 29.6 Å². The molecule has 0 saturated carbocycles. The van der Waals surface area contributed by atoms with Crippen molar-refractivity contribution in [1.82, 2.24) is 10.2 Å². The number of carbonyl (C=O) groups is 3. The van der Waals surface area contributed by atoms with Gasteiger partial charge in [0.15, 0.2) is 0 Å². The van der Waals surface area contributed by atoms with E-state index in [1.54, 1.807) is 23.7 Å². The van der Waals surface area contributed by atoms with Gasteiger partial charge in [0.05, 0.1) is 29.2 Å². The Morgan fingerprint density at radius 3 is 2.60 bits per heavy atom. The Hall–Kier alpha value is -2.84. The van der Waals surface area contributed by atoms with Crippen LogP contribution in [0.5, 0.6) is 0 Å². The molecule has 2 bridgehead atoms. The smallest absolute Gasteiger partial charge is 0.248 e. The monoisotopic (exact) mass is 493 g/mol. The topological polar surface area (TPSA) is 98.7 Å². The van der Waals surface area contributed by atoms with E-state index in [9.17, 15) is 19.5 Å². The molecule has 35 heavy (non-hydrogen) atoms. The number of hydrogen-bond acceptors (Lipinski definition) is 5. The molecule has 3 heterocycles. The van der Waals surface area contributed by atoms with E-state index in [0.717, 1.165) is 23.1 Å². The maximum Gasteiger partial charge on any atom is 0.248 e. The first-order chi connectivity index (χ1) is 16.8. The highest BCUT2D eigenvalue weighted by molar-refractivity contribution is 8.02. The van der Waals surface area contributed by atoms with E-state index in [0.29, 0.717) is 12.1 Å². The average molecular weight is 494 g/mol. The van der Waals surface area contributed by atoms with Crippen molar-refractivity contribution in [2.45, 2.75) is 48.8 Å². The van der Waals surface area contributed by atoms with Crippen LogP contribution in [0.25, 0.3) is 0 Å². The normalized spacial score (nSPS) is 29.7. The molecule has 6 atom stereocenters. The first kappa shape index (κ1) is 23.9. The van der Waals surface area contributed by atoms with Crippen LogP contribution in [0.3, 0.4) is 0 Å². The summed E-state index contributed by atoms with van der Waals surface area (Å²) in [5.74, 6) is -1.73. The Balaban J connectivity index is 1.60. The summed E-state index contributed by atoms with van der Waals surface area (Å²) in [7, 11) is 1.59. The summed E-state index contributed by atoms with van der Waals surface area (Å²) in [5, 5.41) is 16.3. The number of anilines is 1. The molecule has 0 aromatic heterocycles. The van der Waals surface area contributed by atoms with Gasteiger partial charge in [0.2, 0.25) is 17.7 Å². The molecule has 8 heteroatoms. The Labute approximate surface area is 209 Å². The largest absolute Gasteiger partial charge is 0.394 e. The second kappa shape index (κ2) is 8.99. The van der Waals surface area contributed by atoms with Crippen LogP contribution < -0.4 is 10.6 Å². The number of hydrogen-bond donors (Lipinski definition) is 3. The molecular formula is C27H31N3O4S. The molecule has 0 radical (unpaired) electrons. The first-order valence-corrected chi connectivity index (χ1v) is 13.0. The second-order valence-corrected chi connectivity index (χ2v) is 11.4. The molecule has 2 aromatic carbocycles. The molecule has 3 amide bonds. The number of nitrogens with one attached hydrogen (secondary N) is 2. The van der Waals surface area contributed by atoms with Crippen molar-refractivity contribution in [3.63, 3.8) is 0 Å². The molecule has 3 saturated heterocycles. The molecule has 184 valence electrons. The van der Waals surface area contributed by atoms with E-state index < -0.39 is 28.7 Å². The van der Waals surface area contributed by atoms with Gasteiger partial charge in [-0.15, -0.1) is 11.8 Å². The summed E-state index contributed by atoms with van der Waals surface area (Å²) >= 11 is 1.62.